The Morgan fingerprint density at radius 3 is 2.60 bits per heavy atom. The Hall–Kier alpha value is -2.37. The minimum absolute atomic E-state index is 0.129. The van der Waals surface area contributed by atoms with Gasteiger partial charge in [-0.05, 0) is 25.1 Å². The zero-order valence-corrected chi connectivity index (χ0v) is 10.4. The number of nitrogens with zero attached hydrogens (tertiary/aromatic N) is 1. The molecule has 20 heavy (non-hydrogen) atoms. The third-order valence-electron chi connectivity index (χ3n) is 2.50. The molecule has 1 aromatic carbocycles. The predicted molar refractivity (Wildman–Crippen MR) is 65.7 cm³/mol. The number of carbonyl (C=O) groups is 1. The van der Waals surface area contributed by atoms with E-state index in [9.17, 15) is 18.0 Å². The number of alkyl halides is 2. The lowest BCUT2D eigenvalue weighted by molar-refractivity contribution is 0.0995. The summed E-state index contributed by atoms with van der Waals surface area (Å²) in [6.07, 6.45) is -2.90. The number of ketones is 1. The highest BCUT2D eigenvalue weighted by atomic mass is 19.3. The van der Waals surface area contributed by atoms with Crippen LogP contribution in [0.3, 0.4) is 0 Å². The van der Waals surface area contributed by atoms with E-state index in [1.165, 1.54) is 37.3 Å². The van der Waals surface area contributed by atoms with Crippen LogP contribution < -0.4 is 4.74 Å². The van der Waals surface area contributed by atoms with Crippen molar-refractivity contribution in [2.45, 2.75) is 13.3 Å². The van der Waals surface area contributed by atoms with Crippen molar-refractivity contribution >= 4 is 5.78 Å². The van der Waals surface area contributed by atoms with Gasteiger partial charge in [-0.1, -0.05) is 6.07 Å². The van der Waals surface area contributed by atoms with E-state index in [2.05, 4.69) is 4.98 Å². The molecular formula is C14H10F3NO2. The second kappa shape index (κ2) is 5.73. The van der Waals surface area contributed by atoms with E-state index >= 15 is 0 Å². The fourth-order valence-electron chi connectivity index (χ4n) is 1.63. The highest BCUT2D eigenvalue weighted by Crippen LogP contribution is 2.26. The smallest absolute Gasteiger partial charge is 0.281 e. The summed E-state index contributed by atoms with van der Waals surface area (Å²) in [7, 11) is 0. The maximum atomic E-state index is 13.0. The molecule has 0 saturated carbocycles. The molecule has 0 aliphatic rings. The second-order valence-corrected chi connectivity index (χ2v) is 4.00. The van der Waals surface area contributed by atoms with Gasteiger partial charge in [-0.3, -0.25) is 4.79 Å². The van der Waals surface area contributed by atoms with Gasteiger partial charge in [0.15, 0.2) is 5.78 Å². The lowest BCUT2D eigenvalue weighted by atomic mass is 10.1. The Morgan fingerprint density at radius 2 is 2.00 bits per heavy atom. The normalized spacial score (nSPS) is 10.7. The summed E-state index contributed by atoms with van der Waals surface area (Å²) in [4.78, 5) is 14.8. The van der Waals surface area contributed by atoms with Gasteiger partial charge in [-0.2, -0.15) is 0 Å². The van der Waals surface area contributed by atoms with Crippen LogP contribution in [-0.4, -0.2) is 10.8 Å². The predicted octanol–water partition coefficient (Wildman–Crippen LogP) is 4.15. The molecule has 0 atom stereocenters. The molecule has 104 valence electrons. The number of hydrogen-bond donors (Lipinski definition) is 0. The quantitative estimate of drug-likeness (QED) is 0.790. The molecule has 6 heteroatoms. The molecule has 0 saturated heterocycles. The molecule has 0 bridgehead atoms. The third kappa shape index (κ3) is 3.14. The molecule has 3 nitrogen and oxygen atoms in total. The number of halogens is 3. The first-order chi connectivity index (χ1) is 9.47. The van der Waals surface area contributed by atoms with Gasteiger partial charge in [-0.15, -0.1) is 0 Å². The Morgan fingerprint density at radius 1 is 1.25 bits per heavy atom. The minimum Gasteiger partial charge on any atom is -0.439 e. The number of rotatable bonds is 4. The van der Waals surface area contributed by atoms with Crippen molar-refractivity contribution < 1.29 is 22.7 Å². The largest absolute Gasteiger partial charge is 0.439 e. The van der Waals surface area contributed by atoms with Crippen LogP contribution in [0.25, 0.3) is 0 Å². The Labute approximate surface area is 113 Å². The van der Waals surface area contributed by atoms with Gasteiger partial charge in [-0.25, -0.2) is 18.2 Å². The summed E-state index contributed by atoms with van der Waals surface area (Å²) in [5, 5.41) is 0. The summed E-state index contributed by atoms with van der Waals surface area (Å²) >= 11 is 0. The molecule has 0 N–H and O–H groups in total. The maximum Gasteiger partial charge on any atom is 0.281 e. The number of Topliss-reactive ketones (excluding diaryl/α,β-unsaturated/α-hetero) is 1. The van der Waals surface area contributed by atoms with Crippen molar-refractivity contribution in [1.82, 2.24) is 4.98 Å². The van der Waals surface area contributed by atoms with Crippen LogP contribution in [0.1, 0.15) is 29.4 Å². The van der Waals surface area contributed by atoms with Gasteiger partial charge in [0.2, 0.25) is 5.88 Å². The lowest BCUT2D eigenvalue weighted by Gasteiger charge is -2.09. The van der Waals surface area contributed by atoms with E-state index in [1.54, 1.807) is 0 Å². The van der Waals surface area contributed by atoms with Crippen LogP contribution in [0.2, 0.25) is 0 Å². The fraction of sp³-hybridized carbons (Fsp3) is 0.143. The molecule has 0 spiro atoms. The first kappa shape index (κ1) is 14.0. The van der Waals surface area contributed by atoms with Crippen molar-refractivity contribution in [3.63, 3.8) is 0 Å². The molecular weight excluding hydrogens is 271 g/mol. The average molecular weight is 281 g/mol. The van der Waals surface area contributed by atoms with Crippen molar-refractivity contribution in [1.29, 1.82) is 0 Å². The first-order valence-electron chi connectivity index (χ1n) is 5.71. The molecule has 2 rings (SSSR count). The molecule has 0 unspecified atom stereocenters. The Kier molecular flexibility index (Phi) is 4.02. The van der Waals surface area contributed by atoms with Crippen LogP contribution in [0.15, 0.2) is 36.4 Å². The van der Waals surface area contributed by atoms with Crippen LogP contribution >= 0.6 is 0 Å². The van der Waals surface area contributed by atoms with E-state index in [0.717, 1.165) is 6.07 Å². The van der Waals surface area contributed by atoms with Crippen molar-refractivity contribution in [2.24, 2.45) is 0 Å². The third-order valence-corrected chi connectivity index (χ3v) is 2.50. The Bertz CT molecular complexity index is 644. The van der Waals surface area contributed by atoms with Crippen LogP contribution in [-0.2, 0) is 0 Å². The van der Waals surface area contributed by atoms with Gasteiger partial charge in [0, 0.05) is 17.7 Å². The highest BCUT2D eigenvalue weighted by molar-refractivity contribution is 5.95. The lowest BCUT2D eigenvalue weighted by Crippen LogP contribution is -2.04. The van der Waals surface area contributed by atoms with Gasteiger partial charge in [0.1, 0.15) is 17.3 Å². The number of hydrogen-bond acceptors (Lipinski definition) is 3. The van der Waals surface area contributed by atoms with Crippen molar-refractivity contribution in [3.05, 3.63) is 53.5 Å². The summed E-state index contributed by atoms with van der Waals surface area (Å²) < 4.78 is 43.9. The van der Waals surface area contributed by atoms with Crippen molar-refractivity contribution in [2.75, 3.05) is 0 Å². The second-order valence-electron chi connectivity index (χ2n) is 4.00. The topological polar surface area (TPSA) is 39.2 Å². The maximum absolute atomic E-state index is 13.0. The summed E-state index contributed by atoms with van der Waals surface area (Å²) in [6, 6.07) is 7.71. The van der Waals surface area contributed by atoms with Gasteiger partial charge in [0.05, 0.1) is 0 Å². The zero-order chi connectivity index (χ0) is 14.7. The zero-order valence-electron chi connectivity index (χ0n) is 10.4. The van der Waals surface area contributed by atoms with Crippen LogP contribution in [0, 0.1) is 5.82 Å². The van der Waals surface area contributed by atoms with E-state index in [0.29, 0.717) is 0 Å². The molecule has 0 aliphatic carbocycles. The number of ether oxygens (including phenoxy) is 1. The average Bonchev–Trinajstić information content (AvgIpc) is 2.38. The standard InChI is InChI=1S/C14H10F3NO2/c1-8(19)11-5-6-12(18-13(11)14(16)17)20-10-4-2-3-9(15)7-10/h2-7,14H,1H3. The molecule has 0 fully saturated rings. The van der Waals surface area contributed by atoms with Crippen LogP contribution in [0.4, 0.5) is 13.2 Å². The van der Waals surface area contributed by atoms with Gasteiger partial charge >= 0.3 is 0 Å². The summed E-state index contributed by atoms with van der Waals surface area (Å²) in [5.41, 5.74) is -0.807. The molecule has 2 aromatic rings. The number of benzene rings is 1. The van der Waals surface area contributed by atoms with E-state index < -0.39 is 23.7 Å². The van der Waals surface area contributed by atoms with E-state index in [1.807, 2.05) is 0 Å². The highest BCUT2D eigenvalue weighted by Gasteiger charge is 2.19. The monoisotopic (exact) mass is 281 g/mol. The van der Waals surface area contributed by atoms with Gasteiger partial charge in [0.25, 0.3) is 6.43 Å². The molecule has 0 amide bonds. The van der Waals surface area contributed by atoms with E-state index in [4.69, 9.17) is 4.74 Å². The van der Waals surface area contributed by atoms with Crippen LogP contribution in [0.5, 0.6) is 11.6 Å². The molecule has 1 heterocycles. The first-order valence-corrected chi connectivity index (χ1v) is 5.71. The number of carbonyl (C=O) groups excluding carboxylic acids is 1. The summed E-state index contributed by atoms with van der Waals surface area (Å²) in [6.45, 7) is 1.18. The fourth-order valence-corrected chi connectivity index (χ4v) is 1.63. The molecule has 0 radical (unpaired) electrons. The summed E-state index contributed by atoms with van der Waals surface area (Å²) in [5.74, 6) is -1.02. The number of pyridine rings is 1. The molecule has 1 aromatic heterocycles. The van der Waals surface area contributed by atoms with Crippen molar-refractivity contribution in [3.8, 4) is 11.6 Å². The number of aromatic nitrogens is 1. The van der Waals surface area contributed by atoms with Gasteiger partial charge < -0.3 is 4.74 Å². The SMILES string of the molecule is CC(=O)c1ccc(Oc2cccc(F)c2)nc1C(F)F. The van der Waals surface area contributed by atoms with E-state index in [-0.39, 0.29) is 17.2 Å². The molecule has 0 aliphatic heterocycles. The Balaban J connectivity index is 2.34. The minimum atomic E-state index is -2.90.